The second kappa shape index (κ2) is 11.8. The third kappa shape index (κ3) is 6.39. The molecule has 4 aromatic carbocycles. The molecule has 0 saturated carbocycles. The Labute approximate surface area is 212 Å². The van der Waals surface area contributed by atoms with Gasteiger partial charge in [-0.3, -0.25) is 9.59 Å². The number of anilines is 1. The molecule has 36 heavy (non-hydrogen) atoms. The average Bonchev–Trinajstić information content (AvgIpc) is 2.93. The van der Waals surface area contributed by atoms with Gasteiger partial charge in [0.15, 0.2) is 0 Å². The van der Waals surface area contributed by atoms with E-state index in [1.807, 2.05) is 104 Å². The first-order valence-corrected chi connectivity index (χ1v) is 12.0. The number of hydrogen-bond acceptors (Lipinski definition) is 3. The number of benzene rings is 4. The van der Waals surface area contributed by atoms with Gasteiger partial charge in [-0.1, -0.05) is 78.9 Å². The Morgan fingerprint density at radius 2 is 1.47 bits per heavy atom. The highest BCUT2D eigenvalue weighted by Crippen LogP contribution is 2.23. The van der Waals surface area contributed by atoms with Crippen LogP contribution in [-0.2, 0) is 17.8 Å². The van der Waals surface area contributed by atoms with E-state index in [2.05, 4.69) is 5.32 Å². The zero-order chi connectivity index (χ0) is 25.3. The Kier molecular flexibility index (Phi) is 8.14. The van der Waals surface area contributed by atoms with Gasteiger partial charge in [0, 0.05) is 11.3 Å². The van der Waals surface area contributed by atoms with Gasteiger partial charge in [0.25, 0.3) is 5.91 Å². The van der Waals surface area contributed by atoms with Gasteiger partial charge in [0.2, 0.25) is 5.91 Å². The molecule has 4 rings (SSSR count). The summed E-state index contributed by atoms with van der Waals surface area (Å²) in [7, 11) is 1.58. The summed E-state index contributed by atoms with van der Waals surface area (Å²) < 4.78 is 5.31. The highest BCUT2D eigenvalue weighted by molar-refractivity contribution is 6.06. The van der Waals surface area contributed by atoms with Crippen LogP contribution in [0.5, 0.6) is 5.75 Å². The molecule has 1 unspecified atom stereocenters. The Balaban J connectivity index is 1.51. The first-order chi connectivity index (χ1) is 17.5. The molecule has 5 nitrogen and oxygen atoms in total. The molecular weight excluding hydrogens is 448 g/mol. The van der Waals surface area contributed by atoms with Crippen LogP contribution in [0, 0.1) is 0 Å². The third-order valence-electron chi connectivity index (χ3n) is 6.04. The fourth-order valence-electron chi connectivity index (χ4n) is 4.05. The fraction of sp³-hybridized carbons (Fsp3) is 0.161. The topological polar surface area (TPSA) is 58.6 Å². The molecule has 0 aliphatic carbocycles. The van der Waals surface area contributed by atoms with Crippen LogP contribution < -0.4 is 15.0 Å². The van der Waals surface area contributed by atoms with Crippen molar-refractivity contribution in [2.45, 2.75) is 25.9 Å². The summed E-state index contributed by atoms with van der Waals surface area (Å²) in [6.45, 7) is 2.40. The lowest BCUT2D eigenvalue weighted by Crippen LogP contribution is -2.30. The van der Waals surface area contributed by atoms with Gasteiger partial charge in [0.1, 0.15) is 5.75 Å². The maximum atomic E-state index is 13.5. The SMILES string of the molecule is COc1cccc(C(=O)N(Cc2ccccc2)c2ccc(CC(=O)NC(C)c3ccccc3)cc2)c1. The van der Waals surface area contributed by atoms with Crippen molar-refractivity contribution < 1.29 is 14.3 Å². The van der Waals surface area contributed by atoms with Crippen molar-refractivity contribution in [2.75, 3.05) is 12.0 Å². The van der Waals surface area contributed by atoms with Crippen molar-refractivity contribution in [1.82, 2.24) is 5.32 Å². The molecule has 0 aliphatic heterocycles. The monoisotopic (exact) mass is 478 g/mol. The number of ether oxygens (including phenoxy) is 1. The Hall–Kier alpha value is -4.38. The summed E-state index contributed by atoms with van der Waals surface area (Å²) in [5, 5.41) is 3.05. The molecule has 0 heterocycles. The molecule has 0 fully saturated rings. The van der Waals surface area contributed by atoms with E-state index in [9.17, 15) is 9.59 Å². The minimum atomic E-state index is -0.125. The minimum Gasteiger partial charge on any atom is -0.497 e. The summed E-state index contributed by atoms with van der Waals surface area (Å²) in [5.41, 5.74) is 4.27. The second-order valence-electron chi connectivity index (χ2n) is 8.65. The highest BCUT2D eigenvalue weighted by Gasteiger charge is 2.19. The first-order valence-electron chi connectivity index (χ1n) is 12.0. The van der Waals surface area contributed by atoms with Crippen molar-refractivity contribution in [1.29, 1.82) is 0 Å². The standard InChI is InChI=1S/C31H30N2O3/c1-23(26-12-7-4-8-13-26)32-30(34)20-24-16-18-28(19-17-24)33(22-25-10-5-3-6-11-25)31(35)27-14-9-15-29(21-27)36-2/h3-19,21,23H,20,22H2,1-2H3,(H,32,34). The first kappa shape index (κ1) is 24.7. The molecular formula is C31H30N2O3. The largest absolute Gasteiger partial charge is 0.497 e. The van der Waals surface area contributed by atoms with E-state index in [-0.39, 0.29) is 24.3 Å². The number of nitrogens with one attached hydrogen (secondary N) is 1. The maximum absolute atomic E-state index is 13.5. The Morgan fingerprint density at radius 3 is 2.14 bits per heavy atom. The van der Waals surface area contributed by atoms with Gasteiger partial charge in [-0.2, -0.15) is 0 Å². The summed E-state index contributed by atoms with van der Waals surface area (Å²) in [6, 6.07) is 34.4. The quantitative estimate of drug-likeness (QED) is 0.323. The number of carbonyl (C=O) groups excluding carboxylic acids is 2. The van der Waals surface area contributed by atoms with Gasteiger partial charge >= 0.3 is 0 Å². The van der Waals surface area contributed by atoms with Gasteiger partial charge in [-0.05, 0) is 53.9 Å². The number of carbonyl (C=O) groups is 2. The average molecular weight is 479 g/mol. The van der Waals surface area contributed by atoms with Crippen LogP contribution in [0.15, 0.2) is 109 Å². The van der Waals surface area contributed by atoms with E-state index in [0.29, 0.717) is 17.9 Å². The summed E-state index contributed by atoms with van der Waals surface area (Å²) in [4.78, 5) is 27.9. The highest BCUT2D eigenvalue weighted by atomic mass is 16.5. The van der Waals surface area contributed by atoms with Crippen LogP contribution in [0.25, 0.3) is 0 Å². The Morgan fingerprint density at radius 1 is 0.806 bits per heavy atom. The van der Waals surface area contributed by atoms with Crippen LogP contribution in [0.2, 0.25) is 0 Å². The van der Waals surface area contributed by atoms with Crippen LogP contribution in [-0.4, -0.2) is 18.9 Å². The van der Waals surface area contributed by atoms with E-state index in [1.165, 1.54) is 0 Å². The summed E-state index contributed by atoms with van der Waals surface area (Å²) in [5.74, 6) is 0.458. The number of nitrogens with zero attached hydrogens (tertiary/aromatic N) is 1. The normalized spacial score (nSPS) is 11.4. The molecule has 0 bridgehead atoms. The lowest BCUT2D eigenvalue weighted by atomic mass is 10.1. The van der Waals surface area contributed by atoms with E-state index in [0.717, 1.165) is 22.4 Å². The van der Waals surface area contributed by atoms with E-state index in [1.54, 1.807) is 24.1 Å². The zero-order valence-electron chi connectivity index (χ0n) is 20.6. The van der Waals surface area contributed by atoms with Crippen molar-refractivity contribution in [3.8, 4) is 5.75 Å². The molecule has 0 aromatic heterocycles. The third-order valence-corrected chi connectivity index (χ3v) is 6.04. The van der Waals surface area contributed by atoms with Crippen molar-refractivity contribution >= 4 is 17.5 Å². The summed E-state index contributed by atoms with van der Waals surface area (Å²) >= 11 is 0. The smallest absolute Gasteiger partial charge is 0.258 e. The molecule has 2 amide bonds. The van der Waals surface area contributed by atoms with E-state index < -0.39 is 0 Å². The Bertz CT molecular complexity index is 1290. The van der Waals surface area contributed by atoms with Gasteiger partial charge in [-0.25, -0.2) is 0 Å². The lowest BCUT2D eigenvalue weighted by molar-refractivity contribution is -0.121. The molecule has 0 spiro atoms. The number of methoxy groups -OCH3 is 1. The molecule has 0 radical (unpaired) electrons. The summed E-state index contributed by atoms with van der Waals surface area (Å²) in [6.07, 6.45) is 0.264. The number of amides is 2. The lowest BCUT2D eigenvalue weighted by Gasteiger charge is -2.24. The second-order valence-corrected chi connectivity index (χ2v) is 8.65. The van der Waals surface area contributed by atoms with E-state index >= 15 is 0 Å². The maximum Gasteiger partial charge on any atom is 0.258 e. The zero-order valence-corrected chi connectivity index (χ0v) is 20.6. The van der Waals surface area contributed by atoms with Crippen LogP contribution in [0.3, 0.4) is 0 Å². The molecule has 182 valence electrons. The molecule has 4 aromatic rings. The van der Waals surface area contributed by atoms with Crippen LogP contribution >= 0.6 is 0 Å². The van der Waals surface area contributed by atoms with Gasteiger partial charge < -0.3 is 15.0 Å². The van der Waals surface area contributed by atoms with Gasteiger partial charge in [-0.15, -0.1) is 0 Å². The van der Waals surface area contributed by atoms with E-state index in [4.69, 9.17) is 4.74 Å². The molecule has 0 aliphatic rings. The fourth-order valence-corrected chi connectivity index (χ4v) is 4.05. The van der Waals surface area contributed by atoms with Crippen molar-refractivity contribution in [2.24, 2.45) is 0 Å². The van der Waals surface area contributed by atoms with Gasteiger partial charge in [0.05, 0.1) is 26.1 Å². The van der Waals surface area contributed by atoms with Crippen LogP contribution in [0.1, 0.15) is 40.0 Å². The molecule has 0 saturated heterocycles. The predicted octanol–water partition coefficient (Wildman–Crippen LogP) is 5.96. The number of hydrogen-bond donors (Lipinski definition) is 1. The van der Waals surface area contributed by atoms with Crippen molar-refractivity contribution in [3.63, 3.8) is 0 Å². The number of rotatable bonds is 9. The molecule has 1 atom stereocenters. The van der Waals surface area contributed by atoms with Crippen molar-refractivity contribution in [3.05, 3.63) is 131 Å². The van der Waals surface area contributed by atoms with Crippen LogP contribution in [0.4, 0.5) is 5.69 Å². The predicted molar refractivity (Wildman–Crippen MR) is 143 cm³/mol. The minimum absolute atomic E-state index is 0.0484. The molecule has 5 heteroatoms. The molecule has 1 N–H and O–H groups in total.